The highest BCUT2D eigenvalue weighted by atomic mass is 16.5. The molecule has 0 heterocycles. The van der Waals surface area contributed by atoms with Crippen LogP contribution in [0.25, 0.3) is 0 Å². The van der Waals surface area contributed by atoms with Gasteiger partial charge >= 0.3 is 0 Å². The van der Waals surface area contributed by atoms with Crippen molar-refractivity contribution in [1.82, 2.24) is 10.2 Å². The van der Waals surface area contributed by atoms with Crippen molar-refractivity contribution in [2.24, 2.45) is 0 Å². The predicted molar refractivity (Wildman–Crippen MR) is 102 cm³/mol. The Bertz CT molecular complexity index is 742. The SMILES string of the molecule is Cc1ccc(OCC(=O)NCc2cccc(NC(=O)CN(C)C)c2)cc1. The van der Waals surface area contributed by atoms with Crippen LogP contribution in [0.1, 0.15) is 11.1 Å². The molecule has 0 atom stereocenters. The Hall–Kier alpha value is -2.86. The maximum Gasteiger partial charge on any atom is 0.258 e. The zero-order valence-electron chi connectivity index (χ0n) is 15.4. The van der Waals surface area contributed by atoms with E-state index in [-0.39, 0.29) is 18.4 Å². The Morgan fingerprint density at radius 2 is 1.77 bits per heavy atom. The number of rotatable bonds is 8. The highest BCUT2D eigenvalue weighted by molar-refractivity contribution is 5.92. The molecule has 0 saturated heterocycles. The van der Waals surface area contributed by atoms with E-state index in [0.717, 1.165) is 11.1 Å². The molecule has 0 aliphatic heterocycles. The quantitative estimate of drug-likeness (QED) is 0.762. The molecule has 0 spiro atoms. The number of aryl methyl sites for hydroxylation is 1. The zero-order valence-corrected chi connectivity index (χ0v) is 15.4. The van der Waals surface area contributed by atoms with Gasteiger partial charge in [0.2, 0.25) is 5.91 Å². The fourth-order valence-corrected chi connectivity index (χ4v) is 2.28. The minimum absolute atomic E-state index is 0.0394. The zero-order chi connectivity index (χ0) is 18.9. The van der Waals surface area contributed by atoms with Gasteiger partial charge in [0.25, 0.3) is 5.91 Å². The number of carbonyl (C=O) groups is 2. The van der Waals surface area contributed by atoms with E-state index in [2.05, 4.69) is 10.6 Å². The standard InChI is InChI=1S/C20H25N3O3/c1-15-7-9-18(10-8-15)26-14-20(25)21-12-16-5-4-6-17(11-16)22-19(24)13-23(2)3/h4-11H,12-14H2,1-3H3,(H,21,25)(H,22,24). The fourth-order valence-electron chi connectivity index (χ4n) is 2.28. The average molecular weight is 355 g/mol. The smallest absolute Gasteiger partial charge is 0.258 e. The van der Waals surface area contributed by atoms with Crippen LogP contribution in [0.4, 0.5) is 5.69 Å². The van der Waals surface area contributed by atoms with E-state index in [9.17, 15) is 9.59 Å². The van der Waals surface area contributed by atoms with Gasteiger partial charge in [-0.1, -0.05) is 29.8 Å². The number of nitrogens with zero attached hydrogens (tertiary/aromatic N) is 1. The highest BCUT2D eigenvalue weighted by Gasteiger charge is 2.06. The van der Waals surface area contributed by atoms with Crippen LogP contribution < -0.4 is 15.4 Å². The number of carbonyl (C=O) groups excluding carboxylic acids is 2. The molecule has 0 aromatic heterocycles. The van der Waals surface area contributed by atoms with Crippen molar-refractivity contribution in [3.8, 4) is 5.75 Å². The second-order valence-corrected chi connectivity index (χ2v) is 6.36. The van der Waals surface area contributed by atoms with Crippen molar-refractivity contribution in [3.63, 3.8) is 0 Å². The third-order valence-corrected chi connectivity index (χ3v) is 3.55. The Kier molecular flexibility index (Phi) is 7.17. The number of hydrogen-bond donors (Lipinski definition) is 2. The maximum atomic E-state index is 11.9. The van der Waals surface area contributed by atoms with Gasteiger partial charge in [0.15, 0.2) is 6.61 Å². The lowest BCUT2D eigenvalue weighted by Gasteiger charge is -2.11. The first-order valence-electron chi connectivity index (χ1n) is 8.42. The summed E-state index contributed by atoms with van der Waals surface area (Å²) in [7, 11) is 3.68. The molecule has 0 aliphatic carbocycles. The second kappa shape index (κ2) is 9.58. The van der Waals surface area contributed by atoms with Gasteiger partial charge in [0.1, 0.15) is 5.75 Å². The molecule has 2 N–H and O–H groups in total. The molecule has 2 rings (SSSR count). The first-order valence-corrected chi connectivity index (χ1v) is 8.42. The normalized spacial score (nSPS) is 10.5. The summed E-state index contributed by atoms with van der Waals surface area (Å²) in [5, 5.41) is 5.64. The number of ether oxygens (including phenoxy) is 1. The lowest BCUT2D eigenvalue weighted by Crippen LogP contribution is -2.28. The summed E-state index contributed by atoms with van der Waals surface area (Å²) in [5.74, 6) is 0.381. The Morgan fingerprint density at radius 1 is 1.04 bits per heavy atom. The molecule has 0 fully saturated rings. The van der Waals surface area contributed by atoms with Crippen LogP contribution in [0.3, 0.4) is 0 Å². The van der Waals surface area contributed by atoms with Crippen molar-refractivity contribution in [3.05, 3.63) is 59.7 Å². The lowest BCUT2D eigenvalue weighted by atomic mass is 10.2. The average Bonchev–Trinajstić information content (AvgIpc) is 2.59. The van der Waals surface area contributed by atoms with Crippen molar-refractivity contribution in [1.29, 1.82) is 0 Å². The van der Waals surface area contributed by atoms with Gasteiger partial charge in [0.05, 0.1) is 6.54 Å². The minimum Gasteiger partial charge on any atom is -0.484 e. The highest BCUT2D eigenvalue weighted by Crippen LogP contribution is 2.12. The Labute approximate surface area is 154 Å². The number of nitrogens with one attached hydrogen (secondary N) is 2. The number of likely N-dealkylation sites (N-methyl/N-ethyl adjacent to an activating group) is 1. The molecule has 2 aromatic carbocycles. The van der Waals surface area contributed by atoms with Crippen molar-refractivity contribution >= 4 is 17.5 Å². The summed E-state index contributed by atoms with van der Waals surface area (Å²) in [6.07, 6.45) is 0. The molecule has 0 radical (unpaired) electrons. The van der Waals surface area contributed by atoms with Crippen LogP contribution >= 0.6 is 0 Å². The van der Waals surface area contributed by atoms with Gasteiger partial charge in [-0.05, 0) is 50.8 Å². The second-order valence-electron chi connectivity index (χ2n) is 6.36. The van der Waals surface area contributed by atoms with E-state index in [1.807, 2.05) is 69.6 Å². The summed E-state index contributed by atoms with van der Waals surface area (Å²) in [6, 6.07) is 14.9. The van der Waals surface area contributed by atoms with Crippen molar-refractivity contribution < 1.29 is 14.3 Å². The molecular formula is C20H25N3O3. The molecule has 26 heavy (non-hydrogen) atoms. The Balaban J connectivity index is 1.79. The number of anilines is 1. The third kappa shape index (κ3) is 6.94. The molecule has 6 heteroatoms. The monoisotopic (exact) mass is 355 g/mol. The van der Waals surface area contributed by atoms with Gasteiger partial charge in [-0.2, -0.15) is 0 Å². The Morgan fingerprint density at radius 3 is 2.46 bits per heavy atom. The first-order chi connectivity index (χ1) is 12.4. The summed E-state index contributed by atoms with van der Waals surface area (Å²) in [5.41, 5.74) is 2.75. The van der Waals surface area contributed by atoms with Gasteiger partial charge in [-0.3, -0.25) is 9.59 Å². The summed E-state index contributed by atoms with van der Waals surface area (Å²) in [4.78, 5) is 25.5. The van der Waals surface area contributed by atoms with Gasteiger partial charge in [-0.15, -0.1) is 0 Å². The number of benzene rings is 2. The molecule has 0 bridgehead atoms. The fraction of sp³-hybridized carbons (Fsp3) is 0.300. The van der Waals surface area contributed by atoms with E-state index < -0.39 is 0 Å². The summed E-state index contributed by atoms with van der Waals surface area (Å²) in [6.45, 7) is 2.64. The summed E-state index contributed by atoms with van der Waals surface area (Å²) >= 11 is 0. The predicted octanol–water partition coefficient (Wildman–Crippen LogP) is 2.19. The topological polar surface area (TPSA) is 70.7 Å². The lowest BCUT2D eigenvalue weighted by molar-refractivity contribution is -0.123. The van der Waals surface area contributed by atoms with Crippen LogP contribution in [0.5, 0.6) is 5.75 Å². The van der Waals surface area contributed by atoms with E-state index in [4.69, 9.17) is 4.74 Å². The van der Waals surface area contributed by atoms with E-state index in [1.165, 1.54) is 0 Å². The van der Waals surface area contributed by atoms with Gasteiger partial charge < -0.3 is 20.3 Å². The number of hydrogen-bond acceptors (Lipinski definition) is 4. The van der Waals surface area contributed by atoms with Crippen LogP contribution in [0, 0.1) is 6.92 Å². The minimum atomic E-state index is -0.201. The molecule has 138 valence electrons. The largest absolute Gasteiger partial charge is 0.484 e. The van der Waals surface area contributed by atoms with Gasteiger partial charge in [0, 0.05) is 12.2 Å². The number of amides is 2. The van der Waals surface area contributed by atoms with E-state index in [0.29, 0.717) is 24.5 Å². The van der Waals surface area contributed by atoms with E-state index in [1.54, 1.807) is 4.90 Å². The van der Waals surface area contributed by atoms with E-state index >= 15 is 0 Å². The molecule has 0 unspecified atom stereocenters. The van der Waals surface area contributed by atoms with Crippen molar-refractivity contribution in [2.75, 3.05) is 32.6 Å². The van der Waals surface area contributed by atoms with Gasteiger partial charge in [-0.25, -0.2) is 0 Å². The van der Waals surface area contributed by atoms with Crippen LogP contribution in [0.2, 0.25) is 0 Å². The molecule has 2 amide bonds. The molecule has 2 aromatic rings. The van der Waals surface area contributed by atoms with Crippen LogP contribution in [0.15, 0.2) is 48.5 Å². The van der Waals surface area contributed by atoms with Crippen LogP contribution in [-0.2, 0) is 16.1 Å². The molecule has 0 aliphatic rings. The molecule has 6 nitrogen and oxygen atoms in total. The third-order valence-electron chi connectivity index (χ3n) is 3.55. The van der Waals surface area contributed by atoms with Crippen molar-refractivity contribution in [2.45, 2.75) is 13.5 Å². The molecular weight excluding hydrogens is 330 g/mol. The molecule has 0 saturated carbocycles. The van der Waals surface area contributed by atoms with Crippen LogP contribution in [-0.4, -0.2) is 44.0 Å². The maximum absolute atomic E-state index is 11.9. The first kappa shape index (κ1) is 19.5. The summed E-state index contributed by atoms with van der Waals surface area (Å²) < 4.78 is 5.45.